The number of aromatic nitrogens is 5. The number of ether oxygens (including phenoxy) is 2. The van der Waals surface area contributed by atoms with Gasteiger partial charge in [0.2, 0.25) is 0 Å². The van der Waals surface area contributed by atoms with Crippen LogP contribution < -0.4 is 4.74 Å². The number of oxazole rings is 1. The Morgan fingerprint density at radius 1 is 1.13 bits per heavy atom. The Hall–Kier alpha value is -2.97. The summed E-state index contributed by atoms with van der Waals surface area (Å²) in [5.41, 5.74) is 3.65. The Labute approximate surface area is 183 Å². The largest absolute Gasteiger partial charge is 0.484 e. The first-order valence-corrected chi connectivity index (χ1v) is 10.9. The fourth-order valence-electron chi connectivity index (χ4n) is 4.43. The van der Waals surface area contributed by atoms with Crippen LogP contribution in [0.2, 0.25) is 5.15 Å². The molecule has 0 saturated carbocycles. The number of aryl methyl sites for hydroxylation is 1. The third-order valence-electron chi connectivity index (χ3n) is 5.91. The molecular formula is C22H20ClN5O3. The minimum Gasteiger partial charge on any atom is -0.484 e. The summed E-state index contributed by atoms with van der Waals surface area (Å²) in [4.78, 5) is 4.06. The highest BCUT2D eigenvalue weighted by Crippen LogP contribution is 2.38. The molecular weight excluding hydrogens is 418 g/mol. The third kappa shape index (κ3) is 3.36. The highest BCUT2D eigenvalue weighted by molar-refractivity contribution is 6.29. The molecule has 158 valence electrons. The summed E-state index contributed by atoms with van der Waals surface area (Å²) in [6.45, 7) is 0.747. The molecule has 0 bridgehead atoms. The highest BCUT2D eigenvalue weighted by atomic mass is 35.5. The molecule has 2 unspecified atom stereocenters. The van der Waals surface area contributed by atoms with Gasteiger partial charge in [-0.05, 0) is 61.9 Å². The number of fused-ring (bicyclic) bond motifs is 2. The summed E-state index contributed by atoms with van der Waals surface area (Å²) in [6, 6.07) is 7.86. The molecule has 1 aromatic carbocycles. The topological polar surface area (TPSA) is 88.1 Å². The molecule has 1 aliphatic carbocycles. The summed E-state index contributed by atoms with van der Waals surface area (Å²) in [6.07, 6.45) is 7.71. The molecule has 6 rings (SSSR count). The van der Waals surface area contributed by atoms with Gasteiger partial charge in [0.15, 0.2) is 23.5 Å². The Balaban J connectivity index is 1.39. The van der Waals surface area contributed by atoms with Gasteiger partial charge in [0.25, 0.3) is 0 Å². The maximum atomic E-state index is 6.32. The van der Waals surface area contributed by atoms with E-state index in [4.69, 9.17) is 30.6 Å². The first-order valence-electron chi connectivity index (χ1n) is 10.5. The Bertz CT molecular complexity index is 1230. The van der Waals surface area contributed by atoms with Crippen molar-refractivity contribution in [1.82, 2.24) is 25.0 Å². The maximum absolute atomic E-state index is 6.32. The summed E-state index contributed by atoms with van der Waals surface area (Å²) >= 11 is 5.98. The number of rotatable bonds is 4. The number of hydrogen-bond donors (Lipinski definition) is 0. The zero-order valence-electron chi connectivity index (χ0n) is 16.7. The van der Waals surface area contributed by atoms with E-state index < -0.39 is 0 Å². The normalized spacial score (nSPS) is 20.8. The molecule has 2 atom stereocenters. The van der Waals surface area contributed by atoms with Gasteiger partial charge in [0.05, 0.1) is 11.7 Å². The number of halogens is 1. The van der Waals surface area contributed by atoms with Gasteiger partial charge in [-0.15, -0.1) is 10.2 Å². The highest BCUT2D eigenvalue weighted by Gasteiger charge is 2.28. The van der Waals surface area contributed by atoms with Crippen molar-refractivity contribution in [3.63, 3.8) is 0 Å². The van der Waals surface area contributed by atoms with E-state index in [9.17, 15) is 0 Å². The summed E-state index contributed by atoms with van der Waals surface area (Å²) in [7, 11) is 0. The van der Waals surface area contributed by atoms with Crippen LogP contribution in [0.5, 0.6) is 5.75 Å². The predicted octanol–water partition coefficient (Wildman–Crippen LogP) is 4.90. The lowest BCUT2D eigenvalue weighted by Gasteiger charge is -2.23. The minimum atomic E-state index is -0.150. The fraction of sp³-hybridized carbons (Fsp3) is 0.364. The van der Waals surface area contributed by atoms with Gasteiger partial charge < -0.3 is 13.9 Å². The standard InChI is InChI=1S/C22H20ClN5O3/c23-19-9-13-4-7-17(21(13)26-25-19)31-14-5-6-16-15(10-14)22(18-11-24-12-30-18)27-28(16)20-3-1-2-8-29-20/h5-6,9-12,17,20H,1-4,7-8H2. The van der Waals surface area contributed by atoms with Crippen LogP contribution in [0.1, 0.15) is 49.3 Å². The van der Waals surface area contributed by atoms with Gasteiger partial charge in [0.1, 0.15) is 23.2 Å². The fourth-order valence-corrected chi connectivity index (χ4v) is 4.60. The van der Waals surface area contributed by atoms with Crippen molar-refractivity contribution in [1.29, 1.82) is 0 Å². The van der Waals surface area contributed by atoms with E-state index in [0.29, 0.717) is 10.9 Å². The molecule has 2 aliphatic rings. The smallest absolute Gasteiger partial charge is 0.181 e. The molecule has 4 aromatic rings. The van der Waals surface area contributed by atoms with E-state index in [-0.39, 0.29) is 12.3 Å². The van der Waals surface area contributed by atoms with Crippen LogP contribution in [0.25, 0.3) is 22.4 Å². The van der Waals surface area contributed by atoms with Gasteiger partial charge in [-0.2, -0.15) is 5.10 Å². The van der Waals surface area contributed by atoms with Crippen molar-refractivity contribution in [2.24, 2.45) is 0 Å². The zero-order valence-corrected chi connectivity index (χ0v) is 17.5. The molecule has 9 heteroatoms. The third-order valence-corrected chi connectivity index (χ3v) is 6.09. The van der Waals surface area contributed by atoms with Crippen LogP contribution in [-0.2, 0) is 11.2 Å². The number of hydrogen-bond acceptors (Lipinski definition) is 7. The predicted molar refractivity (Wildman–Crippen MR) is 113 cm³/mol. The first kappa shape index (κ1) is 18.8. The van der Waals surface area contributed by atoms with E-state index in [0.717, 1.165) is 72.3 Å². The lowest BCUT2D eigenvalue weighted by molar-refractivity contribution is -0.0365. The second-order valence-corrected chi connectivity index (χ2v) is 8.27. The maximum Gasteiger partial charge on any atom is 0.181 e. The van der Waals surface area contributed by atoms with Crippen LogP contribution in [0.15, 0.2) is 41.3 Å². The quantitative estimate of drug-likeness (QED) is 0.448. The average molecular weight is 438 g/mol. The van der Waals surface area contributed by atoms with Gasteiger partial charge in [-0.3, -0.25) is 0 Å². The van der Waals surface area contributed by atoms with Crippen LogP contribution in [0.3, 0.4) is 0 Å². The minimum absolute atomic E-state index is 0.0820. The van der Waals surface area contributed by atoms with Crippen LogP contribution >= 0.6 is 11.6 Å². The van der Waals surface area contributed by atoms with Gasteiger partial charge in [-0.25, -0.2) is 9.67 Å². The monoisotopic (exact) mass is 437 g/mol. The molecule has 0 N–H and O–H groups in total. The summed E-state index contributed by atoms with van der Waals surface area (Å²) < 4.78 is 19.8. The van der Waals surface area contributed by atoms with Crippen LogP contribution in [0, 0.1) is 0 Å². The average Bonchev–Trinajstić information content (AvgIpc) is 3.53. The zero-order chi connectivity index (χ0) is 20.8. The van der Waals surface area contributed by atoms with Crippen LogP contribution in [0.4, 0.5) is 0 Å². The summed E-state index contributed by atoms with van der Waals surface area (Å²) in [5.74, 6) is 1.36. The Kier molecular flexibility index (Phi) is 4.61. The number of nitrogens with zero attached hydrogens (tertiary/aromatic N) is 5. The molecule has 1 aliphatic heterocycles. The number of benzene rings is 1. The Morgan fingerprint density at radius 3 is 2.94 bits per heavy atom. The molecule has 8 nitrogen and oxygen atoms in total. The van der Waals surface area contributed by atoms with Crippen molar-refractivity contribution in [2.75, 3.05) is 6.61 Å². The molecule has 3 aromatic heterocycles. The SMILES string of the molecule is Clc1cc2c(nn1)C(Oc1ccc3c(c1)c(-c1cnco1)nn3C1CCCCO1)CC2. The van der Waals surface area contributed by atoms with E-state index in [1.54, 1.807) is 6.20 Å². The molecule has 1 fully saturated rings. The van der Waals surface area contributed by atoms with E-state index in [1.165, 1.54) is 6.39 Å². The van der Waals surface area contributed by atoms with Crippen LogP contribution in [-0.4, -0.2) is 31.6 Å². The van der Waals surface area contributed by atoms with E-state index >= 15 is 0 Å². The van der Waals surface area contributed by atoms with Crippen molar-refractivity contribution in [2.45, 2.75) is 44.4 Å². The van der Waals surface area contributed by atoms with Gasteiger partial charge >= 0.3 is 0 Å². The Morgan fingerprint density at radius 2 is 2.10 bits per heavy atom. The van der Waals surface area contributed by atoms with Crippen molar-refractivity contribution in [3.8, 4) is 17.2 Å². The second-order valence-electron chi connectivity index (χ2n) is 7.88. The molecule has 0 radical (unpaired) electrons. The molecule has 1 saturated heterocycles. The van der Waals surface area contributed by atoms with Crippen molar-refractivity contribution in [3.05, 3.63) is 53.3 Å². The van der Waals surface area contributed by atoms with Crippen molar-refractivity contribution >= 4 is 22.5 Å². The molecule has 4 heterocycles. The van der Waals surface area contributed by atoms with Gasteiger partial charge in [-0.1, -0.05) is 11.6 Å². The van der Waals surface area contributed by atoms with Crippen molar-refractivity contribution < 1.29 is 13.9 Å². The molecule has 0 spiro atoms. The first-order chi connectivity index (χ1) is 15.3. The van der Waals surface area contributed by atoms with E-state index in [2.05, 4.69) is 15.2 Å². The molecule has 31 heavy (non-hydrogen) atoms. The lowest BCUT2D eigenvalue weighted by Crippen LogP contribution is -2.19. The van der Waals surface area contributed by atoms with E-state index in [1.807, 2.05) is 28.9 Å². The molecule has 0 amide bonds. The second kappa shape index (κ2) is 7.62. The lowest BCUT2D eigenvalue weighted by atomic mass is 10.1. The summed E-state index contributed by atoms with van der Waals surface area (Å²) in [5, 5.41) is 14.4. The van der Waals surface area contributed by atoms with Gasteiger partial charge in [0, 0.05) is 12.0 Å².